The van der Waals surface area contributed by atoms with Gasteiger partial charge in [-0.3, -0.25) is 0 Å². The van der Waals surface area contributed by atoms with Gasteiger partial charge in [-0.1, -0.05) is 0 Å². The topological polar surface area (TPSA) is 17.8 Å². The number of imidazole rings is 1. The Labute approximate surface area is 116 Å². The molecule has 0 bridgehead atoms. The fourth-order valence-corrected chi connectivity index (χ4v) is 2.19. The zero-order valence-electron chi connectivity index (χ0n) is 10.1. The van der Waals surface area contributed by atoms with Gasteiger partial charge in [-0.05, 0) is 18.6 Å². The van der Waals surface area contributed by atoms with E-state index in [4.69, 9.17) is 11.6 Å². The lowest BCUT2D eigenvalue weighted by Gasteiger charge is -2.10. The molecule has 1 aromatic carbocycles. The van der Waals surface area contributed by atoms with Crippen molar-refractivity contribution in [1.29, 1.82) is 0 Å². The zero-order valence-corrected chi connectivity index (χ0v) is 10.9. The Bertz CT molecular complexity index is 620. The van der Waals surface area contributed by atoms with Crippen LogP contribution in [-0.2, 0) is 12.4 Å². The van der Waals surface area contributed by atoms with Crippen LogP contribution in [0.15, 0.2) is 12.1 Å². The smallest absolute Gasteiger partial charge is 0.324 e. The van der Waals surface area contributed by atoms with Crippen LogP contribution in [0.1, 0.15) is 18.7 Å². The first-order chi connectivity index (χ1) is 9.33. The van der Waals surface area contributed by atoms with E-state index in [-0.39, 0.29) is 35.7 Å². The second kappa shape index (κ2) is 5.55. The molecule has 8 heteroatoms. The highest BCUT2D eigenvalue weighted by atomic mass is 35.5. The van der Waals surface area contributed by atoms with E-state index >= 15 is 0 Å². The van der Waals surface area contributed by atoms with Crippen molar-refractivity contribution in [2.24, 2.45) is 0 Å². The van der Waals surface area contributed by atoms with Gasteiger partial charge in [0.05, 0.1) is 11.4 Å². The van der Waals surface area contributed by atoms with E-state index in [1.807, 2.05) is 0 Å². The number of fused-ring (bicyclic) bond motifs is 1. The van der Waals surface area contributed by atoms with Crippen molar-refractivity contribution in [3.8, 4) is 0 Å². The molecular weight excluding hydrogens is 303 g/mol. The third-order valence-corrected chi connectivity index (χ3v) is 3.08. The molecule has 1 aromatic heterocycles. The predicted molar refractivity (Wildman–Crippen MR) is 64.5 cm³/mol. The van der Waals surface area contributed by atoms with E-state index in [2.05, 4.69) is 4.98 Å². The summed E-state index contributed by atoms with van der Waals surface area (Å²) in [7, 11) is 0. The number of rotatable bonds is 4. The molecule has 20 heavy (non-hydrogen) atoms. The van der Waals surface area contributed by atoms with Crippen LogP contribution in [0.2, 0.25) is 0 Å². The molecular formula is C12H10ClF5N2. The lowest BCUT2D eigenvalue weighted by Crippen LogP contribution is -2.11. The summed E-state index contributed by atoms with van der Waals surface area (Å²) in [6.45, 7) is -0.127. The Balaban J connectivity index is 2.37. The van der Waals surface area contributed by atoms with E-state index in [0.29, 0.717) is 0 Å². The van der Waals surface area contributed by atoms with Gasteiger partial charge in [0, 0.05) is 13.0 Å². The number of halogens is 6. The molecule has 0 aliphatic carbocycles. The van der Waals surface area contributed by atoms with Crippen LogP contribution in [0.3, 0.4) is 0 Å². The lowest BCUT2D eigenvalue weighted by atomic mass is 10.2. The number of benzene rings is 1. The first-order valence-electron chi connectivity index (χ1n) is 5.79. The van der Waals surface area contributed by atoms with E-state index in [9.17, 15) is 22.0 Å². The molecule has 0 saturated heterocycles. The molecule has 0 spiro atoms. The van der Waals surface area contributed by atoms with Gasteiger partial charge >= 0.3 is 6.18 Å². The number of aryl methyl sites for hydroxylation is 1. The van der Waals surface area contributed by atoms with Crippen molar-refractivity contribution >= 4 is 22.6 Å². The number of aromatic nitrogens is 2. The molecule has 110 valence electrons. The lowest BCUT2D eigenvalue weighted by molar-refractivity contribution is -0.135. The minimum atomic E-state index is -4.29. The monoisotopic (exact) mass is 312 g/mol. The van der Waals surface area contributed by atoms with Crippen molar-refractivity contribution in [1.82, 2.24) is 9.55 Å². The van der Waals surface area contributed by atoms with Gasteiger partial charge in [0.1, 0.15) is 11.3 Å². The zero-order chi connectivity index (χ0) is 14.9. The number of hydrogen-bond donors (Lipinski definition) is 0. The Morgan fingerprint density at radius 1 is 1.20 bits per heavy atom. The van der Waals surface area contributed by atoms with Gasteiger partial charge in [0.2, 0.25) is 0 Å². The Kier molecular flexibility index (Phi) is 4.17. The molecule has 0 radical (unpaired) electrons. The van der Waals surface area contributed by atoms with Gasteiger partial charge in [-0.2, -0.15) is 13.2 Å². The molecule has 0 N–H and O–H groups in total. The van der Waals surface area contributed by atoms with Crippen LogP contribution in [0.4, 0.5) is 22.0 Å². The van der Waals surface area contributed by atoms with Crippen molar-refractivity contribution < 1.29 is 22.0 Å². The normalized spacial score (nSPS) is 12.3. The standard InChI is InChI=1S/C12H10ClF5N2/c13-6-9-19-8-3-2-7(14)10(15)11(8)20(9)5-1-4-12(16,17)18/h2-3H,1,4-6H2. The summed E-state index contributed by atoms with van der Waals surface area (Å²) >= 11 is 5.64. The summed E-state index contributed by atoms with van der Waals surface area (Å²) in [5.74, 6) is -2.08. The highest BCUT2D eigenvalue weighted by Gasteiger charge is 2.26. The highest BCUT2D eigenvalue weighted by molar-refractivity contribution is 6.16. The van der Waals surface area contributed by atoms with Crippen molar-refractivity contribution in [3.63, 3.8) is 0 Å². The fourth-order valence-electron chi connectivity index (χ4n) is 1.99. The van der Waals surface area contributed by atoms with Crippen LogP contribution < -0.4 is 0 Å². The van der Waals surface area contributed by atoms with Gasteiger partial charge in [-0.25, -0.2) is 13.8 Å². The van der Waals surface area contributed by atoms with Gasteiger partial charge in [-0.15, -0.1) is 11.6 Å². The molecule has 0 amide bonds. The molecule has 0 unspecified atom stereocenters. The second-order valence-corrected chi connectivity index (χ2v) is 4.53. The largest absolute Gasteiger partial charge is 0.389 e. The maximum Gasteiger partial charge on any atom is 0.389 e. The van der Waals surface area contributed by atoms with Crippen LogP contribution in [-0.4, -0.2) is 15.7 Å². The quantitative estimate of drug-likeness (QED) is 0.604. The summed E-state index contributed by atoms with van der Waals surface area (Å²) in [6, 6.07) is 2.19. The first kappa shape index (κ1) is 15.0. The van der Waals surface area contributed by atoms with Gasteiger partial charge in [0.25, 0.3) is 0 Å². The predicted octanol–water partition coefficient (Wildman–Crippen LogP) is 4.40. The van der Waals surface area contributed by atoms with Crippen LogP contribution >= 0.6 is 11.6 Å². The minimum absolute atomic E-state index is 0.0955. The molecule has 0 aliphatic rings. The number of nitrogens with zero attached hydrogens (tertiary/aromatic N) is 2. The molecule has 0 atom stereocenters. The number of alkyl halides is 4. The molecule has 1 heterocycles. The molecule has 2 nitrogen and oxygen atoms in total. The highest BCUT2D eigenvalue weighted by Crippen LogP contribution is 2.26. The summed E-state index contributed by atoms with van der Waals surface area (Å²) in [5.41, 5.74) is 0.0226. The average molecular weight is 313 g/mol. The van der Waals surface area contributed by atoms with Crippen LogP contribution in [0.25, 0.3) is 11.0 Å². The summed E-state index contributed by atoms with van der Waals surface area (Å²) in [4.78, 5) is 3.99. The minimum Gasteiger partial charge on any atom is -0.324 e. The first-order valence-corrected chi connectivity index (χ1v) is 6.33. The van der Waals surface area contributed by atoms with Crippen molar-refractivity contribution in [2.75, 3.05) is 0 Å². The molecule has 2 rings (SSSR count). The third kappa shape index (κ3) is 3.03. The van der Waals surface area contributed by atoms with E-state index in [1.54, 1.807) is 0 Å². The molecule has 0 aliphatic heterocycles. The summed E-state index contributed by atoms with van der Waals surface area (Å²) in [6.07, 6.45) is -5.55. The SMILES string of the molecule is Fc1ccc2nc(CCl)n(CCCC(F)(F)F)c2c1F. The molecule has 2 aromatic rings. The average Bonchev–Trinajstić information content (AvgIpc) is 2.71. The number of hydrogen-bond acceptors (Lipinski definition) is 1. The Morgan fingerprint density at radius 3 is 2.50 bits per heavy atom. The van der Waals surface area contributed by atoms with Gasteiger partial charge in [0.15, 0.2) is 11.6 Å². The van der Waals surface area contributed by atoms with Gasteiger partial charge < -0.3 is 4.57 Å². The summed E-state index contributed by atoms with van der Waals surface area (Å²) < 4.78 is 64.6. The molecule has 0 fully saturated rings. The van der Waals surface area contributed by atoms with Crippen molar-refractivity contribution in [2.45, 2.75) is 31.4 Å². The Hall–Kier alpha value is -1.37. The van der Waals surface area contributed by atoms with Crippen molar-refractivity contribution in [3.05, 3.63) is 29.6 Å². The van der Waals surface area contributed by atoms with E-state index in [1.165, 1.54) is 10.6 Å². The Morgan fingerprint density at radius 2 is 1.90 bits per heavy atom. The maximum atomic E-state index is 13.8. The van der Waals surface area contributed by atoms with E-state index in [0.717, 1.165) is 6.07 Å². The fraction of sp³-hybridized carbons (Fsp3) is 0.417. The van der Waals surface area contributed by atoms with Crippen LogP contribution in [0.5, 0.6) is 0 Å². The van der Waals surface area contributed by atoms with E-state index < -0.39 is 24.2 Å². The summed E-state index contributed by atoms with van der Waals surface area (Å²) in [5, 5.41) is 0. The van der Waals surface area contributed by atoms with Crippen LogP contribution in [0, 0.1) is 11.6 Å². The second-order valence-electron chi connectivity index (χ2n) is 4.26. The molecule has 0 saturated carbocycles. The third-order valence-electron chi connectivity index (χ3n) is 2.84. The maximum absolute atomic E-state index is 13.8.